The topological polar surface area (TPSA) is 61.4 Å². The zero-order chi connectivity index (χ0) is 42.6. The molecule has 0 fully saturated rings. The van der Waals surface area contributed by atoms with E-state index in [1.807, 2.05) is 59.6 Å². The quantitative estimate of drug-likeness (QED) is 0.156. The molecule has 6 aromatic carbocycles. The van der Waals surface area contributed by atoms with Gasteiger partial charge < -0.3 is 9.13 Å². The molecule has 0 aliphatic rings. The minimum atomic E-state index is -3.33. The number of thiophene rings is 2. The molecular formula is C56H34N6S2Si. The van der Waals surface area contributed by atoms with Crippen molar-refractivity contribution in [1.82, 2.24) is 29.1 Å². The molecule has 0 unspecified atom stereocenters. The first-order valence-corrected chi connectivity index (χ1v) is 25.3. The third-order valence-corrected chi connectivity index (χ3v) is 20.7. The predicted octanol–water partition coefficient (Wildman–Crippen LogP) is 11.6. The monoisotopic (exact) mass is 882 g/mol. The smallest absolute Gasteiger partial charge is 0.227 e. The molecule has 65 heavy (non-hydrogen) atoms. The Kier molecular flexibility index (Phi) is 7.94. The number of rotatable bonds is 6. The van der Waals surface area contributed by atoms with Crippen LogP contribution < -0.4 is 21.0 Å². The zero-order valence-corrected chi connectivity index (χ0v) is 37.3. The first-order chi connectivity index (χ1) is 32.3. The number of para-hydroxylation sites is 2. The minimum absolute atomic E-state index is 1.00. The molecule has 0 aliphatic heterocycles. The van der Waals surface area contributed by atoms with Gasteiger partial charge in [-0.1, -0.05) is 121 Å². The van der Waals surface area contributed by atoms with Crippen molar-refractivity contribution in [2.24, 2.45) is 0 Å². The summed E-state index contributed by atoms with van der Waals surface area (Å²) in [5.74, 6) is 0. The Bertz CT molecular complexity index is 3830. The van der Waals surface area contributed by atoms with Crippen LogP contribution in [0.4, 0.5) is 0 Å². The zero-order valence-electron chi connectivity index (χ0n) is 34.6. The maximum absolute atomic E-state index is 5.59. The molecule has 0 saturated heterocycles. The highest BCUT2D eigenvalue weighted by molar-refractivity contribution is 7.33. The molecular weight excluding hydrogens is 849 g/mol. The predicted molar refractivity (Wildman–Crippen MR) is 276 cm³/mol. The third-order valence-electron chi connectivity index (χ3n) is 13.2. The van der Waals surface area contributed by atoms with Crippen LogP contribution in [0.2, 0.25) is 0 Å². The molecule has 0 atom stereocenters. The van der Waals surface area contributed by atoms with Gasteiger partial charge in [-0.25, -0.2) is 0 Å². The van der Waals surface area contributed by atoms with Crippen LogP contribution in [0.5, 0.6) is 0 Å². The minimum Gasteiger partial charge on any atom is -0.306 e. The fraction of sp³-hybridized carbons (Fsp3) is 0. The fourth-order valence-corrected chi connectivity index (χ4v) is 18.7. The van der Waals surface area contributed by atoms with Gasteiger partial charge in [0.05, 0.1) is 73.9 Å². The summed E-state index contributed by atoms with van der Waals surface area (Å²) in [7, 11) is -3.33. The number of fused-ring (bicyclic) bond motifs is 12. The Labute approximate surface area is 381 Å². The molecule has 14 aromatic rings. The van der Waals surface area contributed by atoms with Crippen LogP contribution in [0.3, 0.4) is 0 Å². The summed E-state index contributed by atoms with van der Waals surface area (Å²) in [6.07, 6.45) is 7.85. The highest BCUT2D eigenvalue weighted by atomic mass is 32.1. The van der Waals surface area contributed by atoms with Gasteiger partial charge in [-0.2, -0.15) is 0 Å². The van der Waals surface area contributed by atoms with Crippen LogP contribution in [0.15, 0.2) is 207 Å². The van der Waals surface area contributed by atoms with Crippen LogP contribution in [0.1, 0.15) is 0 Å². The lowest BCUT2D eigenvalue weighted by molar-refractivity contribution is 1.20. The summed E-state index contributed by atoms with van der Waals surface area (Å²) in [6.45, 7) is 0. The van der Waals surface area contributed by atoms with E-state index in [1.165, 1.54) is 50.7 Å². The Morgan fingerprint density at radius 1 is 0.308 bits per heavy atom. The number of hydrogen-bond donors (Lipinski definition) is 0. The van der Waals surface area contributed by atoms with Gasteiger partial charge in [0.2, 0.25) is 8.07 Å². The number of aromatic nitrogens is 6. The van der Waals surface area contributed by atoms with E-state index >= 15 is 0 Å². The maximum atomic E-state index is 5.59. The standard InChI is InChI=1S/C56H34N6S2Si/c1-3-15-35(16-4-1)65(36-17-5-2-6-18-36,55-53-39(29-33-59-55)37-21-11-25-47(51(37)63-53)61-43-23-9-7-19-41(43)49-45(61)27-13-31-57-49)56-54-40(30-34-60-56)38-22-12-26-48(52(38)64-54)62-44-24-10-8-20-42(44)50-46(62)28-14-32-58-50/h1-34H. The van der Waals surface area contributed by atoms with Gasteiger partial charge in [-0.3, -0.25) is 19.9 Å². The fourth-order valence-electron chi connectivity index (χ4n) is 10.6. The van der Waals surface area contributed by atoms with E-state index in [2.05, 4.69) is 179 Å². The largest absolute Gasteiger partial charge is 0.306 e. The first-order valence-electron chi connectivity index (χ1n) is 21.7. The first kappa shape index (κ1) is 36.6. The van der Waals surface area contributed by atoms with Crippen molar-refractivity contribution < 1.29 is 0 Å². The normalized spacial score (nSPS) is 12.3. The van der Waals surface area contributed by atoms with E-state index in [0.29, 0.717) is 0 Å². The van der Waals surface area contributed by atoms with Gasteiger partial charge in [-0.15, -0.1) is 22.7 Å². The van der Waals surface area contributed by atoms with E-state index in [9.17, 15) is 0 Å². The number of hydrogen-bond acceptors (Lipinski definition) is 6. The summed E-state index contributed by atoms with van der Waals surface area (Å²) in [4.78, 5) is 20.9. The lowest BCUT2D eigenvalue weighted by Crippen LogP contribution is -2.76. The number of benzene rings is 6. The summed E-state index contributed by atoms with van der Waals surface area (Å²) in [5.41, 5.74) is 8.74. The Balaban J connectivity index is 1.10. The van der Waals surface area contributed by atoms with Gasteiger partial charge in [0, 0.05) is 57.1 Å². The third kappa shape index (κ3) is 5.08. The highest BCUT2D eigenvalue weighted by Gasteiger charge is 2.47. The number of pyridine rings is 4. The summed E-state index contributed by atoms with van der Waals surface area (Å²) < 4.78 is 9.59. The molecule has 0 N–H and O–H groups in total. The molecule has 0 bridgehead atoms. The lowest BCUT2D eigenvalue weighted by Gasteiger charge is -2.32. The average Bonchev–Trinajstić information content (AvgIpc) is 4.14. The van der Waals surface area contributed by atoms with Crippen LogP contribution in [-0.2, 0) is 0 Å². The Morgan fingerprint density at radius 2 is 0.708 bits per heavy atom. The SMILES string of the molecule is c1ccc([Si](c2ccccc2)(c2nccc3c2sc2c(-n4c5ccccc5c5ncccc54)cccc23)c2nccc3c2sc2c(-n4c5ccccc5c5ncccc54)cccc23)cc1. The van der Waals surface area contributed by atoms with Crippen LogP contribution in [-0.4, -0.2) is 37.1 Å². The van der Waals surface area contributed by atoms with Crippen molar-refractivity contribution in [3.63, 3.8) is 0 Å². The van der Waals surface area contributed by atoms with Crippen LogP contribution in [0, 0.1) is 0 Å². The van der Waals surface area contributed by atoms with Crippen molar-refractivity contribution in [1.29, 1.82) is 0 Å². The molecule has 0 radical (unpaired) electrons. The van der Waals surface area contributed by atoms with Crippen molar-refractivity contribution >= 4 is 136 Å². The van der Waals surface area contributed by atoms with Gasteiger partial charge in [0.25, 0.3) is 0 Å². The van der Waals surface area contributed by atoms with Gasteiger partial charge >= 0.3 is 0 Å². The van der Waals surface area contributed by atoms with Crippen LogP contribution in [0.25, 0.3) is 95.6 Å². The highest BCUT2D eigenvalue weighted by Crippen LogP contribution is 2.43. The second kappa shape index (κ2) is 14.1. The average molecular weight is 883 g/mol. The summed E-state index contributed by atoms with van der Waals surface area (Å²) in [5, 5.41) is 11.8. The van der Waals surface area contributed by atoms with E-state index in [0.717, 1.165) is 65.9 Å². The lowest BCUT2D eigenvalue weighted by atomic mass is 10.1. The number of nitrogens with zero attached hydrogens (tertiary/aromatic N) is 6. The molecule has 0 amide bonds. The molecule has 0 spiro atoms. The van der Waals surface area contributed by atoms with Gasteiger partial charge in [-0.05, 0) is 71.0 Å². The van der Waals surface area contributed by atoms with Gasteiger partial charge in [0.15, 0.2) is 0 Å². The molecule has 9 heteroatoms. The van der Waals surface area contributed by atoms with Crippen molar-refractivity contribution in [2.45, 2.75) is 0 Å². The molecule has 304 valence electrons. The van der Waals surface area contributed by atoms with Crippen molar-refractivity contribution in [3.8, 4) is 11.4 Å². The molecule has 14 rings (SSSR count). The Morgan fingerprint density at radius 3 is 1.18 bits per heavy atom. The van der Waals surface area contributed by atoms with Crippen LogP contribution >= 0.6 is 22.7 Å². The molecule has 8 aromatic heterocycles. The molecule has 8 heterocycles. The Hall–Kier alpha value is -7.82. The second-order valence-electron chi connectivity index (χ2n) is 16.5. The van der Waals surface area contributed by atoms with Gasteiger partial charge in [0.1, 0.15) is 0 Å². The molecule has 0 saturated carbocycles. The molecule has 0 aliphatic carbocycles. The van der Waals surface area contributed by atoms with Crippen molar-refractivity contribution in [2.75, 3.05) is 0 Å². The summed E-state index contributed by atoms with van der Waals surface area (Å²) >= 11 is 3.70. The van der Waals surface area contributed by atoms with E-state index < -0.39 is 8.07 Å². The second-order valence-corrected chi connectivity index (χ2v) is 22.2. The van der Waals surface area contributed by atoms with E-state index in [-0.39, 0.29) is 0 Å². The van der Waals surface area contributed by atoms with E-state index in [4.69, 9.17) is 19.9 Å². The van der Waals surface area contributed by atoms with Crippen molar-refractivity contribution in [3.05, 3.63) is 207 Å². The van der Waals surface area contributed by atoms with E-state index in [1.54, 1.807) is 0 Å². The maximum Gasteiger partial charge on any atom is 0.227 e. The summed E-state index contributed by atoms with van der Waals surface area (Å²) in [6, 6.07) is 65.8. The molecule has 6 nitrogen and oxygen atoms in total.